The van der Waals surface area contributed by atoms with E-state index in [2.05, 4.69) is 160 Å². The maximum absolute atomic E-state index is 11.6. The minimum absolute atomic E-state index is 0.0161. The molecule has 0 aromatic heterocycles. The van der Waals surface area contributed by atoms with Gasteiger partial charge in [-0.2, -0.15) is 0 Å². The summed E-state index contributed by atoms with van der Waals surface area (Å²) in [6, 6.07) is 33.8. The van der Waals surface area contributed by atoms with Crippen molar-refractivity contribution in [3.63, 3.8) is 0 Å². The topological polar surface area (TPSA) is 41.1 Å². The van der Waals surface area contributed by atoms with E-state index in [4.69, 9.17) is 0 Å². The molecule has 3 nitrogen and oxygen atoms in total. The number of rotatable bonds is 12. The van der Waals surface area contributed by atoms with Gasteiger partial charge in [0.1, 0.15) is 0 Å². The first-order valence-corrected chi connectivity index (χ1v) is 18.9. The molecule has 0 aliphatic carbocycles. The van der Waals surface area contributed by atoms with E-state index in [1.165, 1.54) is 52.6 Å². The largest absolute Gasteiger partial charge is 0.352 e. The molecule has 4 aromatic rings. The SMILES string of the molecule is Cc1cccc(C(=O)NCC(C)C)c1.Cc1cccc(CC(C)C)c1.Cc1cccc(CCC(C)C)c1.Cc1cccc(CNCC(C)C)c1. The minimum Gasteiger partial charge on any atom is -0.352 e. The van der Waals surface area contributed by atoms with E-state index in [1.807, 2.05) is 31.2 Å². The maximum atomic E-state index is 11.6. The molecule has 4 aromatic carbocycles. The van der Waals surface area contributed by atoms with Crippen molar-refractivity contribution >= 4 is 5.91 Å². The zero-order valence-electron chi connectivity index (χ0n) is 33.7. The van der Waals surface area contributed by atoms with Crippen LogP contribution in [0.1, 0.15) is 111 Å². The number of benzene rings is 4. The van der Waals surface area contributed by atoms with Gasteiger partial charge < -0.3 is 10.6 Å². The molecule has 0 atom stereocenters. The Morgan fingerprint density at radius 1 is 0.520 bits per heavy atom. The highest BCUT2D eigenvalue weighted by Crippen LogP contribution is 2.11. The Morgan fingerprint density at radius 2 is 0.980 bits per heavy atom. The van der Waals surface area contributed by atoms with Crippen LogP contribution in [0.5, 0.6) is 0 Å². The third kappa shape index (κ3) is 22.9. The van der Waals surface area contributed by atoms with Crippen LogP contribution in [0, 0.1) is 51.4 Å². The van der Waals surface area contributed by atoms with Crippen molar-refractivity contribution in [3.05, 3.63) is 142 Å². The van der Waals surface area contributed by atoms with Crippen LogP contribution in [-0.2, 0) is 19.4 Å². The van der Waals surface area contributed by atoms with Crippen LogP contribution < -0.4 is 10.6 Å². The van der Waals surface area contributed by atoms with Crippen molar-refractivity contribution in [2.75, 3.05) is 13.1 Å². The number of nitrogens with one attached hydrogen (secondary N) is 2. The molecule has 0 unspecified atom stereocenters. The van der Waals surface area contributed by atoms with Gasteiger partial charge in [0.05, 0.1) is 0 Å². The fourth-order valence-electron chi connectivity index (χ4n) is 5.15. The number of hydrogen-bond donors (Lipinski definition) is 2. The molecule has 274 valence electrons. The maximum Gasteiger partial charge on any atom is 0.251 e. The lowest BCUT2D eigenvalue weighted by atomic mass is 10.0. The molecule has 50 heavy (non-hydrogen) atoms. The van der Waals surface area contributed by atoms with Crippen LogP contribution in [0.15, 0.2) is 97.1 Å². The Kier molecular flexibility index (Phi) is 22.4. The standard InChI is InChI=1S/C12H17NO.C12H19N.C12H18.C11H16/c1-9(2)8-13-12(14)11-6-4-5-10(3)7-11;1-10(2)8-13-9-12-6-4-5-11(3)7-12;1-10(2)7-8-12-6-4-5-11(3)9-12;1-9(2)7-11-6-4-5-10(3)8-11/h4-7,9H,8H2,1-3H3,(H,13,14);4-7,10,13H,8-9H2,1-3H3;4-6,9-10H,7-8H2,1-3H3;4-6,8-9H,7H2,1-3H3. The van der Waals surface area contributed by atoms with E-state index in [-0.39, 0.29) is 5.91 Å². The summed E-state index contributed by atoms with van der Waals surface area (Å²) in [5.41, 5.74) is 10.2. The second-order valence-electron chi connectivity index (χ2n) is 15.5. The summed E-state index contributed by atoms with van der Waals surface area (Å²) < 4.78 is 0. The molecule has 2 N–H and O–H groups in total. The first kappa shape index (κ1) is 44.3. The quantitative estimate of drug-likeness (QED) is 0.157. The average molecular weight is 679 g/mol. The van der Waals surface area contributed by atoms with Crippen LogP contribution in [0.25, 0.3) is 0 Å². The molecular formula is C47H70N2O. The monoisotopic (exact) mass is 679 g/mol. The molecule has 0 spiro atoms. The van der Waals surface area contributed by atoms with E-state index >= 15 is 0 Å². The van der Waals surface area contributed by atoms with Gasteiger partial charge in [0, 0.05) is 18.7 Å². The molecule has 0 aliphatic heterocycles. The lowest BCUT2D eigenvalue weighted by Gasteiger charge is -2.07. The Balaban J connectivity index is 0.000000335. The summed E-state index contributed by atoms with van der Waals surface area (Å²) in [7, 11) is 0. The molecule has 3 heteroatoms. The zero-order chi connectivity index (χ0) is 37.5. The van der Waals surface area contributed by atoms with Crippen molar-refractivity contribution in [2.24, 2.45) is 23.7 Å². The van der Waals surface area contributed by atoms with Gasteiger partial charge in [0.15, 0.2) is 0 Å². The zero-order valence-corrected chi connectivity index (χ0v) is 33.7. The summed E-state index contributed by atoms with van der Waals surface area (Å²) in [6.45, 7) is 28.9. The normalized spacial score (nSPS) is 10.6. The minimum atomic E-state index is 0.0161. The predicted molar refractivity (Wildman–Crippen MR) is 220 cm³/mol. The Hall–Kier alpha value is -3.69. The molecular weight excluding hydrogens is 609 g/mol. The fourth-order valence-corrected chi connectivity index (χ4v) is 5.15. The first-order valence-electron chi connectivity index (χ1n) is 18.9. The number of amides is 1. The Morgan fingerprint density at radius 3 is 1.46 bits per heavy atom. The van der Waals surface area contributed by atoms with Crippen LogP contribution >= 0.6 is 0 Å². The molecule has 0 radical (unpaired) electrons. The Labute approximate surface area is 307 Å². The van der Waals surface area contributed by atoms with Gasteiger partial charge in [-0.05, 0) is 106 Å². The second-order valence-corrected chi connectivity index (χ2v) is 15.5. The van der Waals surface area contributed by atoms with Crippen molar-refractivity contribution in [3.8, 4) is 0 Å². The number of carbonyl (C=O) groups excluding carboxylic acids is 1. The van der Waals surface area contributed by atoms with E-state index in [9.17, 15) is 4.79 Å². The number of hydrogen-bond acceptors (Lipinski definition) is 2. The second kappa shape index (κ2) is 25.3. The lowest BCUT2D eigenvalue weighted by Crippen LogP contribution is -2.27. The fraction of sp³-hybridized carbons (Fsp3) is 0.468. The van der Waals surface area contributed by atoms with Crippen LogP contribution in [0.4, 0.5) is 0 Å². The van der Waals surface area contributed by atoms with Gasteiger partial charge in [-0.25, -0.2) is 0 Å². The predicted octanol–water partition coefficient (Wildman–Crippen LogP) is 11.9. The number of carbonyl (C=O) groups is 1. The average Bonchev–Trinajstić information content (AvgIpc) is 3.03. The van der Waals surface area contributed by atoms with Gasteiger partial charge in [-0.1, -0.05) is 163 Å². The van der Waals surface area contributed by atoms with Crippen LogP contribution in [0.3, 0.4) is 0 Å². The summed E-state index contributed by atoms with van der Waals surface area (Å²) in [6.07, 6.45) is 3.71. The molecule has 0 saturated heterocycles. The first-order chi connectivity index (χ1) is 23.6. The molecule has 0 fully saturated rings. The van der Waals surface area contributed by atoms with E-state index in [1.54, 1.807) is 0 Å². The summed E-state index contributed by atoms with van der Waals surface area (Å²) in [4.78, 5) is 11.6. The van der Waals surface area contributed by atoms with Gasteiger partial charge in [0.25, 0.3) is 5.91 Å². The highest BCUT2D eigenvalue weighted by molar-refractivity contribution is 5.94. The lowest BCUT2D eigenvalue weighted by molar-refractivity contribution is 0.0949. The Bertz CT molecular complexity index is 1480. The molecule has 0 heterocycles. The summed E-state index contributed by atoms with van der Waals surface area (Å²) in [5, 5.41) is 6.32. The van der Waals surface area contributed by atoms with Crippen LogP contribution in [0.2, 0.25) is 0 Å². The van der Waals surface area contributed by atoms with Gasteiger partial charge in [-0.15, -0.1) is 0 Å². The summed E-state index contributed by atoms with van der Waals surface area (Å²) >= 11 is 0. The van der Waals surface area contributed by atoms with Gasteiger partial charge in [0.2, 0.25) is 0 Å². The van der Waals surface area contributed by atoms with E-state index in [0.29, 0.717) is 5.92 Å². The van der Waals surface area contributed by atoms with Crippen molar-refractivity contribution in [2.45, 2.75) is 109 Å². The highest BCUT2D eigenvalue weighted by Gasteiger charge is 2.05. The van der Waals surface area contributed by atoms with Gasteiger partial charge in [-0.3, -0.25) is 4.79 Å². The highest BCUT2D eigenvalue weighted by atomic mass is 16.1. The van der Waals surface area contributed by atoms with Crippen LogP contribution in [-0.4, -0.2) is 19.0 Å². The molecule has 4 rings (SSSR count). The molecule has 0 aliphatic rings. The van der Waals surface area contributed by atoms with E-state index in [0.717, 1.165) is 48.5 Å². The third-order valence-electron chi connectivity index (χ3n) is 7.73. The molecule has 1 amide bonds. The van der Waals surface area contributed by atoms with Gasteiger partial charge >= 0.3 is 0 Å². The smallest absolute Gasteiger partial charge is 0.251 e. The van der Waals surface area contributed by atoms with Crippen molar-refractivity contribution < 1.29 is 4.79 Å². The summed E-state index contributed by atoms with van der Waals surface area (Å²) in [5.74, 6) is 2.80. The van der Waals surface area contributed by atoms with E-state index < -0.39 is 0 Å². The van der Waals surface area contributed by atoms with Crippen molar-refractivity contribution in [1.82, 2.24) is 10.6 Å². The number of aryl methyl sites for hydroxylation is 5. The van der Waals surface area contributed by atoms with Crippen molar-refractivity contribution in [1.29, 1.82) is 0 Å². The third-order valence-corrected chi connectivity index (χ3v) is 7.73. The molecule has 0 saturated carbocycles. The molecule has 0 bridgehead atoms.